The first-order chi connectivity index (χ1) is 8.60. The predicted molar refractivity (Wildman–Crippen MR) is 69.0 cm³/mol. The summed E-state index contributed by atoms with van der Waals surface area (Å²) in [5, 5.41) is 21.3. The average Bonchev–Trinajstić information content (AvgIpc) is 2.43. The van der Waals surface area contributed by atoms with Crippen molar-refractivity contribution in [3.8, 4) is 6.07 Å². The van der Waals surface area contributed by atoms with Crippen LogP contribution in [0.15, 0.2) is 24.3 Å². The molecule has 2 N–H and O–H groups in total. The highest BCUT2D eigenvalue weighted by Crippen LogP contribution is 2.09. The van der Waals surface area contributed by atoms with E-state index in [4.69, 9.17) is 5.26 Å². The molecular formula is C14H18N2O2. The summed E-state index contributed by atoms with van der Waals surface area (Å²) in [5.74, 6) is -0.189. The molecule has 0 fully saturated rings. The topological polar surface area (TPSA) is 73.1 Å². The van der Waals surface area contributed by atoms with Gasteiger partial charge in [-0.25, -0.2) is 0 Å². The molecule has 96 valence electrons. The monoisotopic (exact) mass is 246 g/mol. The number of nitrogens with zero attached hydrogens (tertiary/aromatic N) is 1. The van der Waals surface area contributed by atoms with E-state index >= 15 is 0 Å². The molecule has 0 aliphatic rings. The van der Waals surface area contributed by atoms with E-state index in [-0.39, 0.29) is 18.4 Å². The number of benzene rings is 1. The smallest absolute Gasteiger partial charge is 0.252 e. The van der Waals surface area contributed by atoms with E-state index in [1.54, 1.807) is 24.3 Å². The van der Waals surface area contributed by atoms with Crippen molar-refractivity contribution in [3.63, 3.8) is 0 Å². The lowest BCUT2D eigenvalue weighted by Crippen LogP contribution is -2.35. The van der Waals surface area contributed by atoms with Gasteiger partial charge in [-0.1, -0.05) is 32.4 Å². The Hall–Kier alpha value is -1.86. The molecule has 1 rings (SSSR count). The molecule has 18 heavy (non-hydrogen) atoms. The van der Waals surface area contributed by atoms with Crippen molar-refractivity contribution >= 4 is 5.91 Å². The summed E-state index contributed by atoms with van der Waals surface area (Å²) in [6.45, 7) is 4.12. The van der Waals surface area contributed by atoms with E-state index in [1.165, 1.54) is 0 Å². The van der Waals surface area contributed by atoms with Crippen LogP contribution in [0.3, 0.4) is 0 Å². The molecule has 0 spiro atoms. The van der Waals surface area contributed by atoms with Gasteiger partial charge in [-0.15, -0.1) is 0 Å². The van der Waals surface area contributed by atoms with Crippen molar-refractivity contribution in [3.05, 3.63) is 35.4 Å². The summed E-state index contributed by atoms with van der Waals surface area (Å²) < 4.78 is 0. The molecule has 0 radical (unpaired) electrons. The van der Waals surface area contributed by atoms with Crippen LogP contribution in [-0.2, 0) is 0 Å². The number of carbonyl (C=O) groups is 1. The lowest BCUT2D eigenvalue weighted by atomic mass is 10.0. The Morgan fingerprint density at radius 1 is 1.50 bits per heavy atom. The van der Waals surface area contributed by atoms with E-state index in [1.807, 2.05) is 19.9 Å². The second kappa shape index (κ2) is 6.77. The Kier molecular flexibility index (Phi) is 5.34. The van der Waals surface area contributed by atoms with Crippen LogP contribution in [0.25, 0.3) is 0 Å². The van der Waals surface area contributed by atoms with Crippen LogP contribution >= 0.6 is 0 Å². The zero-order chi connectivity index (χ0) is 13.5. The number of amides is 1. The van der Waals surface area contributed by atoms with E-state index in [0.29, 0.717) is 11.1 Å². The fraction of sp³-hybridized carbons (Fsp3) is 0.429. The van der Waals surface area contributed by atoms with Crippen molar-refractivity contribution in [2.24, 2.45) is 5.92 Å². The number of rotatable bonds is 5. The second-order valence-corrected chi connectivity index (χ2v) is 4.32. The lowest BCUT2D eigenvalue weighted by Gasteiger charge is -2.17. The molecule has 2 unspecified atom stereocenters. The third-order valence-electron chi connectivity index (χ3n) is 3.06. The van der Waals surface area contributed by atoms with Crippen molar-refractivity contribution in [1.82, 2.24) is 5.32 Å². The van der Waals surface area contributed by atoms with Crippen molar-refractivity contribution in [1.29, 1.82) is 5.26 Å². The van der Waals surface area contributed by atoms with Gasteiger partial charge >= 0.3 is 0 Å². The van der Waals surface area contributed by atoms with Gasteiger partial charge in [0.15, 0.2) is 0 Å². The van der Waals surface area contributed by atoms with Crippen LogP contribution in [-0.4, -0.2) is 23.7 Å². The van der Waals surface area contributed by atoms with Gasteiger partial charge in [-0.05, 0) is 18.1 Å². The maximum Gasteiger partial charge on any atom is 0.252 e. The fourth-order valence-electron chi connectivity index (χ4n) is 1.54. The van der Waals surface area contributed by atoms with Gasteiger partial charge in [0.05, 0.1) is 23.3 Å². The van der Waals surface area contributed by atoms with Crippen LogP contribution < -0.4 is 5.32 Å². The molecule has 2 atom stereocenters. The number of nitriles is 1. The Balaban J connectivity index is 2.64. The number of aliphatic hydroxyl groups is 1. The number of aliphatic hydroxyl groups excluding tert-OH is 1. The minimum atomic E-state index is -0.562. The minimum Gasteiger partial charge on any atom is -0.391 e. The van der Waals surface area contributed by atoms with Gasteiger partial charge in [0, 0.05) is 6.54 Å². The van der Waals surface area contributed by atoms with Crippen molar-refractivity contribution in [2.45, 2.75) is 26.4 Å². The van der Waals surface area contributed by atoms with Gasteiger partial charge in [0.2, 0.25) is 0 Å². The van der Waals surface area contributed by atoms with Gasteiger partial charge < -0.3 is 10.4 Å². The molecule has 4 heteroatoms. The van der Waals surface area contributed by atoms with Crippen molar-refractivity contribution < 1.29 is 9.90 Å². The summed E-state index contributed by atoms with van der Waals surface area (Å²) in [5.41, 5.74) is 0.685. The first kappa shape index (κ1) is 14.2. The van der Waals surface area contributed by atoms with E-state index in [0.717, 1.165) is 6.42 Å². The largest absolute Gasteiger partial charge is 0.391 e. The normalized spacial score (nSPS) is 13.4. The SMILES string of the molecule is CCC(C)C(O)CNC(=O)c1ccccc1C#N. The quantitative estimate of drug-likeness (QED) is 0.830. The molecule has 0 aliphatic heterocycles. The fourth-order valence-corrected chi connectivity index (χ4v) is 1.54. The van der Waals surface area contributed by atoms with E-state index in [9.17, 15) is 9.90 Å². The van der Waals surface area contributed by atoms with Gasteiger partial charge in [0.1, 0.15) is 0 Å². The van der Waals surface area contributed by atoms with Gasteiger partial charge in [-0.3, -0.25) is 4.79 Å². The van der Waals surface area contributed by atoms with Crippen LogP contribution in [0.2, 0.25) is 0 Å². The molecule has 1 amide bonds. The molecule has 0 aromatic heterocycles. The maximum absolute atomic E-state index is 11.9. The highest BCUT2D eigenvalue weighted by molar-refractivity contribution is 5.96. The first-order valence-corrected chi connectivity index (χ1v) is 6.05. The Morgan fingerprint density at radius 3 is 2.78 bits per heavy atom. The standard InChI is InChI=1S/C14H18N2O2/c1-3-10(2)13(17)9-16-14(18)12-7-5-4-6-11(12)8-15/h4-7,10,13,17H,3,9H2,1-2H3,(H,16,18). The van der Waals surface area contributed by atoms with Crippen LogP contribution in [0.1, 0.15) is 36.2 Å². The predicted octanol–water partition coefficient (Wildman–Crippen LogP) is 1.70. The van der Waals surface area contributed by atoms with Crippen LogP contribution in [0.4, 0.5) is 0 Å². The second-order valence-electron chi connectivity index (χ2n) is 4.32. The highest BCUT2D eigenvalue weighted by atomic mass is 16.3. The molecule has 1 aromatic carbocycles. The molecule has 0 aliphatic carbocycles. The Morgan fingerprint density at radius 2 is 2.17 bits per heavy atom. The van der Waals surface area contributed by atoms with E-state index in [2.05, 4.69) is 5.32 Å². The number of nitrogens with one attached hydrogen (secondary N) is 1. The third-order valence-corrected chi connectivity index (χ3v) is 3.06. The van der Waals surface area contributed by atoms with Crippen LogP contribution in [0, 0.1) is 17.2 Å². The summed E-state index contributed by atoms with van der Waals surface area (Å²) in [6.07, 6.45) is 0.291. The summed E-state index contributed by atoms with van der Waals surface area (Å²) in [4.78, 5) is 11.9. The molecule has 0 saturated carbocycles. The third kappa shape index (κ3) is 3.57. The zero-order valence-corrected chi connectivity index (χ0v) is 10.7. The zero-order valence-electron chi connectivity index (χ0n) is 10.7. The van der Waals surface area contributed by atoms with Gasteiger partial charge in [-0.2, -0.15) is 5.26 Å². The van der Waals surface area contributed by atoms with Crippen LogP contribution in [0.5, 0.6) is 0 Å². The molecule has 0 saturated heterocycles. The summed E-state index contributed by atoms with van der Waals surface area (Å²) >= 11 is 0. The Bertz CT molecular complexity index is 451. The summed E-state index contributed by atoms with van der Waals surface area (Å²) in [7, 11) is 0. The number of hydrogen-bond donors (Lipinski definition) is 2. The Labute approximate surface area is 107 Å². The summed E-state index contributed by atoms with van der Waals surface area (Å²) in [6, 6.07) is 8.59. The number of carbonyl (C=O) groups excluding carboxylic acids is 1. The highest BCUT2D eigenvalue weighted by Gasteiger charge is 2.15. The average molecular weight is 246 g/mol. The molecular weight excluding hydrogens is 228 g/mol. The molecule has 0 heterocycles. The first-order valence-electron chi connectivity index (χ1n) is 6.05. The number of hydrogen-bond acceptors (Lipinski definition) is 3. The van der Waals surface area contributed by atoms with Crippen molar-refractivity contribution in [2.75, 3.05) is 6.54 Å². The molecule has 0 bridgehead atoms. The lowest BCUT2D eigenvalue weighted by molar-refractivity contribution is 0.0850. The maximum atomic E-state index is 11.9. The van der Waals surface area contributed by atoms with E-state index < -0.39 is 6.10 Å². The minimum absolute atomic E-state index is 0.136. The molecule has 1 aromatic rings. The molecule has 4 nitrogen and oxygen atoms in total. The van der Waals surface area contributed by atoms with Gasteiger partial charge in [0.25, 0.3) is 5.91 Å².